The fourth-order valence-electron chi connectivity index (χ4n) is 3.59. The molecular formula is C16H23FN2. The van der Waals surface area contributed by atoms with Gasteiger partial charge in [0.1, 0.15) is 5.82 Å². The second kappa shape index (κ2) is 5.22. The lowest BCUT2D eigenvalue weighted by Crippen LogP contribution is -2.59. The number of benzene rings is 1. The first-order valence-corrected chi connectivity index (χ1v) is 7.37. The van der Waals surface area contributed by atoms with Gasteiger partial charge in [-0.05, 0) is 50.3 Å². The molecule has 2 unspecified atom stereocenters. The van der Waals surface area contributed by atoms with E-state index in [1.165, 1.54) is 24.5 Å². The number of piperazine rings is 1. The molecule has 0 spiro atoms. The third-order valence-electron chi connectivity index (χ3n) is 4.54. The maximum Gasteiger partial charge on any atom is 0.123 e. The van der Waals surface area contributed by atoms with Crippen LogP contribution in [0.5, 0.6) is 0 Å². The highest BCUT2D eigenvalue weighted by Gasteiger charge is 2.36. The topological polar surface area (TPSA) is 15.3 Å². The van der Waals surface area contributed by atoms with Crippen molar-refractivity contribution in [3.63, 3.8) is 0 Å². The summed E-state index contributed by atoms with van der Waals surface area (Å²) in [7, 11) is 0. The van der Waals surface area contributed by atoms with E-state index in [9.17, 15) is 4.39 Å². The molecule has 3 heteroatoms. The molecule has 1 aliphatic carbocycles. The minimum atomic E-state index is -0.106. The molecule has 1 aromatic carbocycles. The van der Waals surface area contributed by atoms with Crippen molar-refractivity contribution in [2.24, 2.45) is 0 Å². The predicted molar refractivity (Wildman–Crippen MR) is 75.8 cm³/mol. The van der Waals surface area contributed by atoms with Crippen LogP contribution in [0.1, 0.15) is 38.2 Å². The molecule has 1 heterocycles. The van der Waals surface area contributed by atoms with Gasteiger partial charge in [0.25, 0.3) is 0 Å². The largest absolute Gasteiger partial charge is 0.309 e. The van der Waals surface area contributed by atoms with Gasteiger partial charge in [0, 0.05) is 31.2 Å². The van der Waals surface area contributed by atoms with Gasteiger partial charge in [-0.25, -0.2) is 4.39 Å². The molecule has 1 aromatic rings. The summed E-state index contributed by atoms with van der Waals surface area (Å²) in [4.78, 5) is 2.61. The number of hydrogen-bond donors (Lipinski definition) is 1. The summed E-state index contributed by atoms with van der Waals surface area (Å²) >= 11 is 0. The molecule has 19 heavy (non-hydrogen) atoms. The van der Waals surface area contributed by atoms with Crippen LogP contribution in [0.4, 0.5) is 4.39 Å². The number of halogens is 1. The molecule has 0 amide bonds. The molecule has 2 nitrogen and oxygen atoms in total. The number of hydrogen-bond acceptors (Lipinski definition) is 2. The van der Waals surface area contributed by atoms with E-state index in [1.807, 2.05) is 6.07 Å². The zero-order valence-electron chi connectivity index (χ0n) is 11.8. The van der Waals surface area contributed by atoms with E-state index in [1.54, 1.807) is 6.07 Å². The Hall–Kier alpha value is -0.930. The van der Waals surface area contributed by atoms with Gasteiger partial charge >= 0.3 is 0 Å². The zero-order valence-corrected chi connectivity index (χ0v) is 11.8. The molecule has 104 valence electrons. The fourth-order valence-corrected chi connectivity index (χ4v) is 3.59. The third-order valence-corrected chi connectivity index (χ3v) is 4.54. The average molecular weight is 262 g/mol. The first kappa shape index (κ1) is 13.1. The molecule has 0 radical (unpaired) electrons. The second-order valence-corrected chi connectivity index (χ2v) is 6.30. The Morgan fingerprint density at radius 2 is 1.84 bits per heavy atom. The lowest BCUT2D eigenvalue weighted by atomic mass is 9.74. The Morgan fingerprint density at radius 3 is 2.47 bits per heavy atom. The van der Waals surface area contributed by atoms with Gasteiger partial charge < -0.3 is 5.32 Å². The van der Waals surface area contributed by atoms with Crippen molar-refractivity contribution in [3.8, 4) is 0 Å². The Bertz CT molecular complexity index is 432. The second-order valence-electron chi connectivity index (χ2n) is 6.30. The predicted octanol–water partition coefficient (Wildman–Crippen LogP) is 2.75. The highest BCUT2D eigenvalue weighted by atomic mass is 19.1. The van der Waals surface area contributed by atoms with E-state index in [0.717, 1.165) is 13.1 Å². The van der Waals surface area contributed by atoms with Gasteiger partial charge in [0.15, 0.2) is 0 Å². The van der Waals surface area contributed by atoms with Crippen LogP contribution in [0.15, 0.2) is 24.3 Å². The highest BCUT2D eigenvalue weighted by Crippen LogP contribution is 2.40. The van der Waals surface area contributed by atoms with E-state index in [-0.39, 0.29) is 5.82 Å². The maximum atomic E-state index is 13.2. The number of rotatable bonds is 2. The van der Waals surface area contributed by atoms with Crippen LogP contribution in [-0.4, -0.2) is 36.1 Å². The highest BCUT2D eigenvalue weighted by molar-refractivity contribution is 5.24. The van der Waals surface area contributed by atoms with E-state index in [4.69, 9.17) is 0 Å². The number of nitrogens with one attached hydrogen (secondary N) is 1. The van der Waals surface area contributed by atoms with Crippen LogP contribution in [0.2, 0.25) is 0 Å². The molecule has 2 atom stereocenters. The van der Waals surface area contributed by atoms with Crippen LogP contribution < -0.4 is 5.32 Å². The van der Waals surface area contributed by atoms with Gasteiger partial charge in [-0.1, -0.05) is 12.1 Å². The van der Waals surface area contributed by atoms with E-state index < -0.39 is 0 Å². The summed E-state index contributed by atoms with van der Waals surface area (Å²) in [6, 6.07) is 8.97. The summed E-state index contributed by atoms with van der Waals surface area (Å²) in [6.07, 6.45) is 2.37. The molecule has 2 aliphatic rings. The lowest BCUT2D eigenvalue weighted by molar-refractivity contribution is 0.0646. The minimum Gasteiger partial charge on any atom is -0.309 e. The molecular weight excluding hydrogens is 239 g/mol. The van der Waals surface area contributed by atoms with E-state index in [0.29, 0.717) is 24.0 Å². The molecule has 0 aromatic heterocycles. The van der Waals surface area contributed by atoms with E-state index in [2.05, 4.69) is 30.1 Å². The molecule has 1 aliphatic heterocycles. The van der Waals surface area contributed by atoms with Crippen LogP contribution in [0, 0.1) is 5.82 Å². The van der Waals surface area contributed by atoms with Gasteiger partial charge in [-0.3, -0.25) is 4.90 Å². The van der Waals surface area contributed by atoms with Crippen LogP contribution >= 0.6 is 0 Å². The Morgan fingerprint density at radius 1 is 1.16 bits per heavy atom. The normalized spacial score (nSPS) is 35.9. The van der Waals surface area contributed by atoms with E-state index >= 15 is 0 Å². The van der Waals surface area contributed by atoms with Crippen molar-refractivity contribution in [1.82, 2.24) is 10.2 Å². The fraction of sp³-hybridized carbons (Fsp3) is 0.625. The quantitative estimate of drug-likeness (QED) is 0.881. The van der Waals surface area contributed by atoms with Crippen molar-refractivity contribution >= 4 is 0 Å². The van der Waals surface area contributed by atoms with Crippen molar-refractivity contribution < 1.29 is 4.39 Å². The van der Waals surface area contributed by atoms with Crippen LogP contribution in [-0.2, 0) is 0 Å². The summed E-state index contributed by atoms with van der Waals surface area (Å²) in [5, 5.41) is 3.57. The third kappa shape index (κ3) is 2.82. The molecule has 3 rings (SSSR count). The van der Waals surface area contributed by atoms with Crippen molar-refractivity contribution in [2.75, 3.05) is 13.1 Å². The SMILES string of the molecule is CC1CN(C2CC(c3cccc(F)c3)C2)CC(C)N1. The molecule has 1 N–H and O–H groups in total. The van der Waals surface area contributed by atoms with Crippen LogP contribution in [0.25, 0.3) is 0 Å². The van der Waals surface area contributed by atoms with Gasteiger partial charge in [0.05, 0.1) is 0 Å². The number of nitrogens with zero attached hydrogens (tertiary/aromatic N) is 1. The average Bonchev–Trinajstić information content (AvgIpc) is 2.25. The van der Waals surface area contributed by atoms with Crippen molar-refractivity contribution in [1.29, 1.82) is 0 Å². The monoisotopic (exact) mass is 262 g/mol. The molecule has 1 saturated carbocycles. The molecule has 2 fully saturated rings. The lowest BCUT2D eigenvalue weighted by Gasteiger charge is -2.47. The summed E-state index contributed by atoms with van der Waals surface area (Å²) < 4.78 is 13.2. The molecule has 1 saturated heterocycles. The Labute approximate surface area is 115 Å². The van der Waals surface area contributed by atoms with Crippen molar-refractivity contribution in [2.45, 2.75) is 50.7 Å². The molecule has 0 bridgehead atoms. The summed E-state index contributed by atoms with van der Waals surface area (Å²) in [6.45, 7) is 6.80. The standard InChI is InChI=1S/C16H23FN2/c1-11-9-19(10-12(2)18-11)16-7-14(8-16)13-4-3-5-15(17)6-13/h3-6,11-12,14,16,18H,7-10H2,1-2H3. The Balaban J connectivity index is 1.58. The van der Waals surface area contributed by atoms with Gasteiger partial charge in [-0.2, -0.15) is 0 Å². The summed E-state index contributed by atoms with van der Waals surface area (Å²) in [5.74, 6) is 0.451. The van der Waals surface area contributed by atoms with Crippen LogP contribution in [0.3, 0.4) is 0 Å². The first-order chi connectivity index (χ1) is 9.11. The summed E-state index contributed by atoms with van der Waals surface area (Å²) in [5.41, 5.74) is 1.17. The van der Waals surface area contributed by atoms with Crippen molar-refractivity contribution in [3.05, 3.63) is 35.6 Å². The smallest absolute Gasteiger partial charge is 0.123 e. The van der Waals surface area contributed by atoms with Gasteiger partial charge in [-0.15, -0.1) is 0 Å². The Kier molecular flexibility index (Phi) is 3.59. The minimum absolute atomic E-state index is 0.106. The zero-order chi connectivity index (χ0) is 13.4. The maximum absolute atomic E-state index is 13.2. The van der Waals surface area contributed by atoms with Gasteiger partial charge in [0.2, 0.25) is 0 Å². The first-order valence-electron chi connectivity index (χ1n) is 7.37.